The van der Waals surface area contributed by atoms with E-state index in [1.54, 1.807) is 36.4 Å². The van der Waals surface area contributed by atoms with Crippen LogP contribution in [0, 0.1) is 0 Å². The lowest BCUT2D eigenvalue weighted by Gasteiger charge is -2.42. The zero-order chi connectivity index (χ0) is 34.8. The predicted molar refractivity (Wildman–Crippen MR) is 175 cm³/mol. The van der Waals surface area contributed by atoms with Gasteiger partial charge in [-0.2, -0.15) is 13.2 Å². The number of aliphatic hydroxyl groups is 2. The number of carbonyl (C=O) groups excluding carboxylic acids is 2. The Balaban J connectivity index is 1.13. The van der Waals surface area contributed by atoms with Crippen molar-refractivity contribution < 1.29 is 42.4 Å². The average Bonchev–Trinajstić information content (AvgIpc) is 3.59. The number of nitrogens with one attached hydrogen (secondary N) is 1. The van der Waals surface area contributed by atoms with Gasteiger partial charge in [0.2, 0.25) is 5.91 Å². The molecule has 6 rings (SSSR count). The fourth-order valence-corrected chi connectivity index (χ4v) is 7.00. The second-order valence-electron chi connectivity index (χ2n) is 13.0. The second-order valence-corrected chi connectivity index (χ2v) is 13.4. The number of aliphatic hydroxyl groups excluding tert-OH is 1. The highest BCUT2D eigenvalue weighted by Crippen LogP contribution is 2.40. The summed E-state index contributed by atoms with van der Waals surface area (Å²) in [6.45, 7) is 1.75. The molecular weight excluding hydrogens is 663 g/mol. The van der Waals surface area contributed by atoms with Gasteiger partial charge in [0, 0.05) is 48.9 Å². The smallest absolute Gasteiger partial charge is 0.392 e. The molecule has 0 spiro atoms. The molecule has 0 radical (unpaired) electrons. The highest BCUT2D eigenvalue weighted by atomic mass is 35.5. The van der Waals surface area contributed by atoms with Gasteiger partial charge in [0.15, 0.2) is 6.29 Å². The van der Waals surface area contributed by atoms with Gasteiger partial charge in [-0.15, -0.1) is 0 Å². The van der Waals surface area contributed by atoms with Crippen LogP contribution in [-0.4, -0.2) is 76.3 Å². The van der Waals surface area contributed by atoms with Crippen molar-refractivity contribution in [2.45, 2.75) is 75.0 Å². The maximum absolute atomic E-state index is 13.0. The number of nitrogens with zero attached hydrogens (tertiary/aromatic N) is 2. The van der Waals surface area contributed by atoms with Crippen LogP contribution in [0.4, 0.5) is 18.9 Å². The van der Waals surface area contributed by atoms with Crippen LogP contribution >= 0.6 is 11.6 Å². The summed E-state index contributed by atoms with van der Waals surface area (Å²) < 4.78 is 52.1. The second kappa shape index (κ2) is 14.8. The molecule has 2 amide bonds. The molecule has 13 heteroatoms. The summed E-state index contributed by atoms with van der Waals surface area (Å²) in [4.78, 5) is 27.6. The Kier molecular flexibility index (Phi) is 10.6. The van der Waals surface area contributed by atoms with Crippen LogP contribution in [0.3, 0.4) is 0 Å². The molecule has 3 aromatic rings. The third-order valence-corrected chi connectivity index (χ3v) is 9.90. The maximum Gasteiger partial charge on any atom is 0.471 e. The molecule has 3 aliphatic heterocycles. The SMILES string of the molecule is O=C(Nc1ccc(C2OC(CN3CCC(O)(c4ccc(Cl)cc4)CC3)CC(c3ccc(CO)cc3)O2)cc1)C1CCCN1C(=O)C(F)(F)F. The largest absolute Gasteiger partial charge is 0.471 e. The third kappa shape index (κ3) is 8.28. The molecule has 4 atom stereocenters. The standard InChI is InChI=1S/C36H39ClF3N3O6/c37-27-11-9-26(10-12-27)35(47)15-18-42(19-16-35)21-29-20-31(24-5-3-23(22-44)4-6-24)49-33(48-29)25-7-13-28(14-8-25)41-32(45)30-2-1-17-43(30)34(46)36(38,39)40/h3-14,29-31,33,44,47H,1-2,15-22H2,(H,41,45). The van der Waals surface area contributed by atoms with Crippen molar-refractivity contribution in [3.8, 4) is 0 Å². The number of hydrogen-bond donors (Lipinski definition) is 3. The molecule has 3 saturated heterocycles. The number of likely N-dealkylation sites (tertiary alicyclic amines) is 2. The number of ether oxygens (including phenoxy) is 2. The summed E-state index contributed by atoms with van der Waals surface area (Å²) in [7, 11) is 0. The van der Waals surface area contributed by atoms with Gasteiger partial charge >= 0.3 is 12.1 Å². The van der Waals surface area contributed by atoms with Crippen LogP contribution in [0.5, 0.6) is 0 Å². The molecule has 49 heavy (non-hydrogen) atoms. The van der Waals surface area contributed by atoms with E-state index in [1.807, 2.05) is 36.4 Å². The molecule has 3 aliphatic rings. The number of benzene rings is 3. The monoisotopic (exact) mass is 701 g/mol. The van der Waals surface area contributed by atoms with Crippen LogP contribution in [0.2, 0.25) is 5.02 Å². The number of piperidine rings is 1. The minimum Gasteiger partial charge on any atom is -0.392 e. The number of carbonyl (C=O) groups is 2. The molecule has 0 aromatic heterocycles. The number of rotatable bonds is 8. The summed E-state index contributed by atoms with van der Waals surface area (Å²) in [5.41, 5.74) is 2.69. The quantitative estimate of drug-likeness (QED) is 0.270. The minimum absolute atomic E-state index is 0.0716. The van der Waals surface area contributed by atoms with Crippen molar-refractivity contribution in [2.24, 2.45) is 0 Å². The lowest BCUT2D eigenvalue weighted by molar-refractivity contribution is -0.253. The fraction of sp³-hybridized carbons (Fsp3) is 0.444. The summed E-state index contributed by atoms with van der Waals surface area (Å²) in [5, 5.41) is 24.1. The van der Waals surface area contributed by atoms with Crippen molar-refractivity contribution in [2.75, 3.05) is 31.5 Å². The van der Waals surface area contributed by atoms with E-state index in [0.29, 0.717) is 66.5 Å². The summed E-state index contributed by atoms with van der Waals surface area (Å²) >= 11 is 6.05. The van der Waals surface area contributed by atoms with Crippen LogP contribution in [0.1, 0.15) is 66.8 Å². The first-order chi connectivity index (χ1) is 23.4. The summed E-state index contributed by atoms with van der Waals surface area (Å²) in [5.74, 6) is -2.69. The van der Waals surface area contributed by atoms with Crippen LogP contribution < -0.4 is 5.32 Å². The lowest BCUT2D eigenvalue weighted by atomic mass is 9.84. The van der Waals surface area contributed by atoms with E-state index in [-0.39, 0.29) is 31.8 Å². The van der Waals surface area contributed by atoms with Crippen molar-refractivity contribution in [3.05, 3.63) is 100 Å². The van der Waals surface area contributed by atoms with Gasteiger partial charge in [-0.25, -0.2) is 0 Å². The Morgan fingerprint density at radius 2 is 1.57 bits per heavy atom. The van der Waals surface area contributed by atoms with Gasteiger partial charge in [0.05, 0.1) is 24.4 Å². The van der Waals surface area contributed by atoms with Crippen molar-refractivity contribution in [1.29, 1.82) is 0 Å². The Morgan fingerprint density at radius 1 is 0.918 bits per heavy atom. The highest BCUT2D eigenvalue weighted by molar-refractivity contribution is 6.30. The first-order valence-electron chi connectivity index (χ1n) is 16.4. The minimum atomic E-state index is -5.05. The topological polar surface area (TPSA) is 112 Å². The number of anilines is 1. The number of alkyl halides is 3. The summed E-state index contributed by atoms with van der Waals surface area (Å²) in [6.07, 6.45) is -4.18. The predicted octanol–water partition coefficient (Wildman–Crippen LogP) is 5.85. The highest BCUT2D eigenvalue weighted by Gasteiger charge is 2.47. The maximum atomic E-state index is 13.0. The Labute approximate surface area is 287 Å². The van der Waals surface area contributed by atoms with E-state index in [0.717, 1.165) is 16.7 Å². The number of hydrogen-bond acceptors (Lipinski definition) is 7. The van der Waals surface area contributed by atoms with E-state index in [9.17, 15) is 33.0 Å². The molecule has 3 fully saturated rings. The van der Waals surface area contributed by atoms with Crippen LogP contribution in [0.15, 0.2) is 72.8 Å². The van der Waals surface area contributed by atoms with Crippen LogP contribution in [0.25, 0.3) is 0 Å². The molecule has 3 N–H and O–H groups in total. The molecular formula is C36H39ClF3N3O6. The molecule has 4 unspecified atom stereocenters. The Bertz CT molecular complexity index is 1600. The molecule has 0 saturated carbocycles. The Morgan fingerprint density at radius 3 is 2.20 bits per heavy atom. The summed E-state index contributed by atoms with van der Waals surface area (Å²) in [6, 6.07) is 20.4. The van der Waals surface area contributed by atoms with Crippen molar-refractivity contribution in [1.82, 2.24) is 9.80 Å². The fourth-order valence-electron chi connectivity index (χ4n) is 6.87. The molecule has 0 aliphatic carbocycles. The van der Waals surface area contributed by atoms with Gasteiger partial charge in [-0.05, 0) is 66.6 Å². The van der Waals surface area contributed by atoms with E-state index in [2.05, 4.69) is 10.2 Å². The molecule has 9 nitrogen and oxygen atoms in total. The first-order valence-corrected chi connectivity index (χ1v) is 16.8. The van der Waals surface area contributed by atoms with E-state index in [4.69, 9.17) is 21.1 Å². The normalized spacial score (nSPS) is 24.5. The number of amides is 2. The molecule has 262 valence electrons. The zero-order valence-corrected chi connectivity index (χ0v) is 27.5. The van der Waals surface area contributed by atoms with E-state index in [1.165, 1.54) is 0 Å². The lowest BCUT2D eigenvalue weighted by Crippen LogP contribution is -2.48. The van der Waals surface area contributed by atoms with Crippen LogP contribution in [-0.2, 0) is 31.3 Å². The molecule has 3 aromatic carbocycles. The van der Waals surface area contributed by atoms with Crippen molar-refractivity contribution >= 4 is 29.1 Å². The molecule has 3 heterocycles. The third-order valence-electron chi connectivity index (χ3n) is 9.65. The molecule has 0 bridgehead atoms. The van der Waals surface area contributed by atoms with E-state index >= 15 is 0 Å². The van der Waals surface area contributed by atoms with Gasteiger partial charge in [-0.3, -0.25) is 9.59 Å². The van der Waals surface area contributed by atoms with Gasteiger partial charge in [0.25, 0.3) is 0 Å². The van der Waals surface area contributed by atoms with E-state index < -0.39 is 35.9 Å². The van der Waals surface area contributed by atoms with Crippen molar-refractivity contribution in [3.63, 3.8) is 0 Å². The van der Waals surface area contributed by atoms with Gasteiger partial charge in [0.1, 0.15) is 6.04 Å². The zero-order valence-electron chi connectivity index (χ0n) is 26.7. The Hall–Kier alpha value is -3.52. The average molecular weight is 702 g/mol. The number of halogens is 4. The van der Waals surface area contributed by atoms with Gasteiger partial charge in [-0.1, -0.05) is 60.1 Å². The first kappa shape index (κ1) is 35.3. The van der Waals surface area contributed by atoms with Gasteiger partial charge < -0.3 is 34.8 Å².